The van der Waals surface area contributed by atoms with E-state index in [9.17, 15) is 9.59 Å². The maximum Gasteiger partial charge on any atom is 0.323 e. The fourth-order valence-corrected chi connectivity index (χ4v) is 4.69. The SMILES string of the molecule is CCCCCCCCC=CCCCCCCCC(=O)OCCC(COC(=O)[C@@H](N)C(C)C)Cc1ncc2[nH]cnc2n1. The number of aromatic nitrogens is 4. The van der Waals surface area contributed by atoms with Crippen LogP contribution in [0.5, 0.6) is 0 Å². The molecule has 0 spiro atoms. The van der Waals surface area contributed by atoms with Crippen LogP contribution in [0.3, 0.4) is 0 Å². The molecule has 2 aromatic heterocycles. The third-order valence-corrected chi connectivity index (χ3v) is 7.58. The van der Waals surface area contributed by atoms with E-state index in [0.29, 0.717) is 30.7 Å². The molecule has 2 rings (SSSR count). The van der Waals surface area contributed by atoms with Crippen LogP contribution in [0.15, 0.2) is 24.7 Å². The first-order chi connectivity index (χ1) is 20.4. The molecule has 1 unspecified atom stereocenters. The van der Waals surface area contributed by atoms with Crippen LogP contribution in [0.25, 0.3) is 11.2 Å². The Kier molecular flexibility index (Phi) is 18.4. The number of unbranched alkanes of at least 4 members (excludes halogenated alkanes) is 11. The predicted octanol–water partition coefficient (Wildman–Crippen LogP) is 7.01. The van der Waals surface area contributed by atoms with Gasteiger partial charge in [0.15, 0.2) is 5.65 Å². The van der Waals surface area contributed by atoms with Gasteiger partial charge < -0.3 is 20.2 Å². The van der Waals surface area contributed by atoms with Crippen LogP contribution in [-0.4, -0.2) is 51.1 Å². The van der Waals surface area contributed by atoms with E-state index >= 15 is 0 Å². The maximum absolute atomic E-state index is 12.3. The van der Waals surface area contributed by atoms with Gasteiger partial charge in [0.25, 0.3) is 0 Å². The standard InChI is InChI=1S/C33H55N5O4/c1-4-5-6-7-8-9-10-11-12-13-14-15-16-17-18-19-30(39)41-21-20-27(24-42-33(40)31(34)26(2)3)22-29-35-23-28-32(38-29)37-25-36-28/h11-12,23,25-27,31H,4-10,13-22,24,34H2,1-3H3,(H,35,36,37,38)/t27?,31-/m0/s1. The first kappa shape index (κ1) is 35.4. The van der Waals surface area contributed by atoms with E-state index in [1.54, 1.807) is 12.5 Å². The van der Waals surface area contributed by atoms with Crippen LogP contribution < -0.4 is 5.73 Å². The number of carbonyl (C=O) groups excluding carboxylic acids is 2. The average molecular weight is 586 g/mol. The second kappa shape index (κ2) is 21.8. The van der Waals surface area contributed by atoms with Crippen molar-refractivity contribution in [2.24, 2.45) is 17.6 Å². The highest BCUT2D eigenvalue weighted by molar-refractivity contribution is 5.75. The van der Waals surface area contributed by atoms with Gasteiger partial charge in [-0.1, -0.05) is 84.3 Å². The Morgan fingerprint density at radius 1 is 0.929 bits per heavy atom. The van der Waals surface area contributed by atoms with Gasteiger partial charge >= 0.3 is 11.9 Å². The van der Waals surface area contributed by atoms with Gasteiger partial charge in [-0.3, -0.25) is 9.59 Å². The lowest BCUT2D eigenvalue weighted by molar-refractivity contribution is -0.149. The van der Waals surface area contributed by atoms with Crippen molar-refractivity contribution in [3.63, 3.8) is 0 Å². The minimum Gasteiger partial charge on any atom is -0.466 e. The van der Waals surface area contributed by atoms with Crippen molar-refractivity contribution in [2.45, 2.75) is 130 Å². The zero-order valence-electron chi connectivity index (χ0n) is 26.3. The fraction of sp³-hybridized carbons (Fsp3) is 0.727. The number of nitrogens with one attached hydrogen (secondary N) is 1. The number of H-pyrrole nitrogens is 1. The van der Waals surface area contributed by atoms with Crippen molar-refractivity contribution >= 4 is 23.1 Å². The molecular formula is C33H55N5O4. The summed E-state index contributed by atoms with van der Waals surface area (Å²) in [4.78, 5) is 40.6. The molecule has 0 aliphatic rings. The van der Waals surface area contributed by atoms with E-state index in [-0.39, 0.29) is 31.0 Å². The minimum absolute atomic E-state index is 0.0149. The van der Waals surface area contributed by atoms with Crippen LogP contribution in [0, 0.1) is 11.8 Å². The molecule has 9 heteroatoms. The molecule has 0 radical (unpaired) electrons. The quantitative estimate of drug-likeness (QED) is 0.0763. The molecule has 2 heterocycles. The monoisotopic (exact) mass is 585 g/mol. The Morgan fingerprint density at radius 3 is 2.29 bits per heavy atom. The molecule has 0 aromatic carbocycles. The number of fused-ring (bicyclic) bond motifs is 1. The Bertz CT molecular complexity index is 1040. The number of esters is 2. The number of rotatable bonds is 24. The highest BCUT2D eigenvalue weighted by Gasteiger charge is 2.22. The van der Waals surface area contributed by atoms with E-state index in [0.717, 1.165) is 31.2 Å². The van der Waals surface area contributed by atoms with Crippen molar-refractivity contribution in [3.8, 4) is 0 Å². The molecule has 236 valence electrons. The Morgan fingerprint density at radius 2 is 1.60 bits per heavy atom. The molecule has 3 N–H and O–H groups in total. The molecule has 0 aliphatic carbocycles. The van der Waals surface area contributed by atoms with Gasteiger partial charge in [-0.05, 0) is 44.4 Å². The summed E-state index contributed by atoms with van der Waals surface area (Å²) in [6, 6.07) is -0.675. The summed E-state index contributed by atoms with van der Waals surface area (Å²) in [7, 11) is 0. The van der Waals surface area contributed by atoms with E-state index in [4.69, 9.17) is 15.2 Å². The molecule has 42 heavy (non-hydrogen) atoms. The molecule has 2 aromatic rings. The number of carbonyl (C=O) groups is 2. The van der Waals surface area contributed by atoms with Crippen molar-refractivity contribution in [2.75, 3.05) is 13.2 Å². The lowest BCUT2D eigenvalue weighted by Crippen LogP contribution is -2.38. The summed E-state index contributed by atoms with van der Waals surface area (Å²) in [5, 5.41) is 0. The van der Waals surface area contributed by atoms with E-state index in [2.05, 4.69) is 39.0 Å². The van der Waals surface area contributed by atoms with Gasteiger partial charge in [0.1, 0.15) is 17.4 Å². The number of nitrogens with two attached hydrogens (primary N) is 1. The van der Waals surface area contributed by atoms with Crippen LogP contribution >= 0.6 is 0 Å². The number of allylic oxidation sites excluding steroid dienone is 2. The Balaban J connectivity index is 1.60. The number of ether oxygens (including phenoxy) is 2. The molecule has 9 nitrogen and oxygen atoms in total. The largest absolute Gasteiger partial charge is 0.466 e. The second-order valence-electron chi connectivity index (χ2n) is 11.7. The molecule has 0 bridgehead atoms. The summed E-state index contributed by atoms with van der Waals surface area (Å²) >= 11 is 0. The molecule has 0 saturated carbocycles. The van der Waals surface area contributed by atoms with Gasteiger partial charge in [0.2, 0.25) is 0 Å². The topological polar surface area (TPSA) is 133 Å². The van der Waals surface area contributed by atoms with Crippen LogP contribution in [-0.2, 0) is 25.5 Å². The lowest BCUT2D eigenvalue weighted by atomic mass is 10.0. The summed E-state index contributed by atoms with van der Waals surface area (Å²) < 4.78 is 11.0. The highest BCUT2D eigenvalue weighted by atomic mass is 16.5. The summed E-state index contributed by atoms with van der Waals surface area (Å²) in [6.45, 7) is 6.44. The number of hydrogen-bond donors (Lipinski definition) is 2. The summed E-state index contributed by atoms with van der Waals surface area (Å²) in [5.41, 5.74) is 7.28. The van der Waals surface area contributed by atoms with E-state index < -0.39 is 12.0 Å². The molecule has 0 amide bonds. The second-order valence-corrected chi connectivity index (χ2v) is 11.7. The van der Waals surface area contributed by atoms with Crippen molar-refractivity contribution in [1.29, 1.82) is 0 Å². The third kappa shape index (κ3) is 15.4. The summed E-state index contributed by atoms with van der Waals surface area (Å²) in [5.74, 6) is -0.140. The van der Waals surface area contributed by atoms with Crippen molar-refractivity contribution in [1.82, 2.24) is 19.9 Å². The Labute approximate surface area is 252 Å². The molecule has 0 aliphatic heterocycles. The van der Waals surface area contributed by atoms with Crippen LogP contribution in [0.1, 0.15) is 123 Å². The highest BCUT2D eigenvalue weighted by Crippen LogP contribution is 2.15. The molecule has 0 fully saturated rings. The predicted molar refractivity (Wildman–Crippen MR) is 168 cm³/mol. The first-order valence-electron chi connectivity index (χ1n) is 16.3. The number of hydrogen-bond acceptors (Lipinski definition) is 8. The minimum atomic E-state index is -0.675. The van der Waals surface area contributed by atoms with Gasteiger partial charge in [-0.15, -0.1) is 0 Å². The van der Waals surface area contributed by atoms with E-state index in [1.807, 2.05) is 13.8 Å². The van der Waals surface area contributed by atoms with Crippen molar-refractivity contribution in [3.05, 3.63) is 30.5 Å². The van der Waals surface area contributed by atoms with Crippen molar-refractivity contribution < 1.29 is 19.1 Å². The van der Waals surface area contributed by atoms with E-state index in [1.165, 1.54) is 57.8 Å². The summed E-state index contributed by atoms with van der Waals surface area (Å²) in [6.07, 6.45) is 25.3. The normalized spacial score (nSPS) is 13.2. The zero-order valence-corrected chi connectivity index (χ0v) is 26.3. The smallest absolute Gasteiger partial charge is 0.323 e. The maximum atomic E-state index is 12.3. The first-order valence-corrected chi connectivity index (χ1v) is 16.3. The molecular weight excluding hydrogens is 530 g/mol. The average Bonchev–Trinajstić information content (AvgIpc) is 3.45. The number of imidazole rings is 1. The van der Waals surface area contributed by atoms with Crippen LogP contribution in [0.4, 0.5) is 0 Å². The lowest BCUT2D eigenvalue weighted by Gasteiger charge is -2.19. The Hall–Kier alpha value is -2.81. The van der Waals surface area contributed by atoms with Gasteiger partial charge in [-0.2, -0.15) is 0 Å². The molecule has 2 atom stereocenters. The fourth-order valence-electron chi connectivity index (χ4n) is 4.69. The van der Waals surface area contributed by atoms with Gasteiger partial charge in [-0.25, -0.2) is 15.0 Å². The number of nitrogens with zero attached hydrogens (tertiary/aromatic N) is 3. The molecule has 0 saturated heterocycles. The third-order valence-electron chi connectivity index (χ3n) is 7.58. The van der Waals surface area contributed by atoms with Crippen LogP contribution in [0.2, 0.25) is 0 Å². The van der Waals surface area contributed by atoms with Gasteiger partial charge in [0.05, 0.1) is 25.7 Å². The van der Waals surface area contributed by atoms with Gasteiger partial charge in [0, 0.05) is 18.8 Å². The number of aromatic amines is 1. The zero-order chi connectivity index (χ0) is 30.4.